The Labute approximate surface area is 128 Å². The van der Waals surface area contributed by atoms with Gasteiger partial charge >= 0.3 is 7.12 Å². The second kappa shape index (κ2) is 5.74. The number of likely N-dealkylation sites (N-methyl/N-ethyl adjacent to an activating group) is 1. The topological polar surface area (TPSA) is 42.0 Å². The smallest absolute Gasteiger partial charge is 0.400 e. The minimum Gasteiger partial charge on any atom is -0.400 e. The van der Waals surface area contributed by atoms with Crippen molar-refractivity contribution in [2.24, 2.45) is 0 Å². The number of carbonyl (C=O) groups is 1. The van der Waals surface area contributed by atoms with Crippen molar-refractivity contribution in [3.05, 3.63) is 11.5 Å². The van der Waals surface area contributed by atoms with E-state index in [1.165, 1.54) is 0 Å². The Bertz CT molecular complexity index is 430. The Hall–Kier alpha value is -0.845. The lowest BCUT2D eigenvalue weighted by molar-refractivity contribution is -0.131. The molecule has 2 heterocycles. The predicted octanol–water partition coefficient (Wildman–Crippen LogP) is 1.34. The van der Waals surface area contributed by atoms with Gasteiger partial charge in [-0.15, -0.1) is 0 Å². The molecule has 21 heavy (non-hydrogen) atoms. The summed E-state index contributed by atoms with van der Waals surface area (Å²) < 4.78 is 12.1. The molecule has 0 spiro atoms. The van der Waals surface area contributed by atoms with Crippen LogP contribution in [0.2, 0.25) is 0 Å². The molecule has 2 rings (SSSR count). The fraction of sp³-hybridized carbons (Fsp3) is 0.800. The molecule has 0 saturated carbocycles. The van der Waals surface area contributed by atoms with Crippen LogP contribution in [0, 0.1) is 0 Å². The van der Waals surface area contributed by atoms with Crippen molar-refractivity contribution in [1.29, 1.82) is 0 Å². The van der Waals surface area contributed by atoms with E-state index < -0.39 is 0 Å². The Balaban J connectivity index is 1.97. The fourth-order valence-electron chi connectivity index (χ4n) is 2.49. The molecule has 5 nitrogen and oxygen atoms in total. The molecule has 0 N–H and O–H groups in total. The van der Waals surface area contributed by atoms with Crippen LogP contribution in [0.3, 0.4) is 0 Å². The summed E-state index contributed by atoms with van der Waals surface area (Å²) in [5, 5.41) is 0. The van der Waals surface area contributed by atoms with Crippen LogP contribution >= 0.6 is 0 Å². The van der Waals surface area contributed by atoms with Crippen LogP contribution in [0.15, 0.2) is 11.5 Å². The van der Waals surface area contributed by atoms with E-state index in [1.807, 2.05) is 23.9 Å². The largest absolute Gasteiger partial charge is 0.490 e. The van der Waals surface area contributed by atoms with E-state index in [4.69, 9.17) is 9.31 Å². The Morgan fingerprint density at radius 1 is 1.29 bits per heavy atom. The molecular weight excluding hydrogens is 267 g/mol. The van der Waals surface area contributed by atoms with E-state index in [-0.39, 0.29) is 24.2 Å². The quantitative estimate of drug-likeness (QED) is 0.737. The monoisotopic (exact) mass is 294 g/mol. The van der Waals surface area contributed by atoms with Crippen LogP contribution in [0.1, 0.15) is 34.1 Å². The summed E-state index contributed by atoms with van der Waals surface area (Å²) in [5.74, 6) is 0.171. The Morgan fingerprint density at radius 3 is 2.29 bits per heavy atom. The van der Waals surface area contributed by atoms with Crippen molar-refractivity contribution in [3.63, 3.8) is 0 Å². The summed E-state index contributed by atoms with van der Waals surface area (Å²) >= 11 is 0. The molecule has 0 aromatic carbocycles. The molecule has 0 bridgehead atoms. The zero-order chi connectivity index (χ0) is 15.8. The second-order valence-electron chi connectivity index (χ2n) is 7.19. The molecule has 2 aliphatic heterocycles. The first-order valence-corrected chi connectivity index (χ1v) is 7.59. The minimum absolute atomic E-state index is 0.171. The van der Waals surface area contributed by atoms with Gasteiger partial charge in [-0.05, 0) is 53.7 Å². The normalized spacial score (nSPS) is 24.4. The molecule has 0 unspecified atom stereocenters. The van der Waals surface area contributed by atoms with Gasteiger partial charge in [-0.3, -0.25) is 4.79 Å². The van der Waals surface area contributed by atoms with Gasteiger partial charge in [-0.2, -0.15) is 0 Å². The second-order valence-corrected chi connectivity index (χ2v) is 7.19. The molecule has 118 valence electrons. The number of carbonyl (C=O) groups excluding carboxylic acids is 1. The molecule has 2 aliphatic rings. The molecular formula is C15H27BN2O3. The highest BCUT2D eigenvalue weighted by atomic mass is 16.7. The van der Waals surface area contributed by atoms with E-state index in [2.05, 4.69) is 33.8 Å². The van der Waals surface area contributed by atoms with Crippen LogP contribution in [0.4, 0.5) is 0 Å². The summed E-state index contributed by atoms with van der Waals surface area (Å²) in [6, 6.07) is 0. The molecule has 1 fully saturated rings. The number of amides is 1. The third-order valence-electron chi connectivity index (χ3n) is 4.60. The van der Waals surface area contributed by atoms with Crippen LogP contribution in [-0.4, -0.2) is 67.8 Å². The first kappa shape index (κ1) is 16.5. The first-order chi connectivity index (χ1) is 9.62. The Morgan fingerprint density at radius 2 is 1.86 bits per heavy atom. The molecule has 0 aromatic heterocycles. The van der Waals surface area contributed by atoms with Gasteiger partial charge < -0.3 is 19.1 Å². The van der Waals surface area contributed by atoms with E-state index in [9.17, 15) is 4.79 Å². The summed E-state index contributed by atoms with van der Waals surface area (Å²) in [5.41, 5.74) is 0.537. The SMILES string of the molecule is CN(C)CC(=O)N1CC=C(B2OC(C)(C)C(C)(C)O2)CC1. The number of hydrogen-bond acceptors (Lipinski definition) is 4. The fourth-order valence-corrected chi connectivity index (χ4v) is 2.49. The zero-order valence-corrected chi connectivity index (χ0v) is 14.1. The lowest BCUT2D eigenvalue weighted by atomic mass is 9.75. The summed E-state index contributed by atoms with van der Waals surface area (Å²) in [6.45, 7) is 10.1. The maximum atomic E-state index is 12.0. The summed E-state index contributed by atoms with van der Waals surface area (Å²) in [6.07, 6.45) is 2.90. The minimum atomic E-state index is -0.309. The summed E-state index contributed by atoms with van der Waals surface area (Å²) in [7, 11) is 3.54. The van der Waals surface area contributed by atoms with Crippen LogP contribution in [0.5, 0.6) is 0 Å². The average molecular weight is 294 g/mol. The molecule has 0 aliphatic carbocycles. The van der Waals surface area contributed by atoms with Crippen LogP contribution in [0.25, 0.3) is 0 Å². The van der Waals surface area contributed by atoms with Gasteiger partial charge in [0, 0.05) is 13.1 Å². The molecule has 1 saturated heterocycles. The van der Waals surface area contributed by atoms with Crippen molar-refractivity contribution < 1.29 is 14.1 Å². The van der Waals surface area contributed by atoms with Gasteiger partial charge in [-0.25, -0.2) is 0 Å². The van der Waals surface area contributed by atoms with Gasteiger partial charge in [-0.1, -0.05) is 6.08 Å². The maximum absolute atomic E-state index is 12.0. The molecule has 0 atom stereocenters. The van der Waals surface area contributed by atoms with Crippen LogP contribution < -0.4 is 0 Å². The van der Waals surface area contributed by atoms with Crippen molar-refractivity contribution in [3.8, 4) is 0 Å². The van der Waals surface area contributed by atoms with Crippen molar-refractivity contribution in [2.45, 2.75) is 45.3 Å². The average Bonchev–Trinajstić information content (AvgIpc) is 2.58. The highest BCUT2D eigenvalue weighted by molar-refractivity contribution is 6.54. The third-order valence-corrected chi connectivity index (χ3v) is 4.60. The maximum Gasteiger partial charge on any atom is 0.490 e. The van der Waals surface area contributed by atoms with Gasteiger partial charge in [0.05, 0.1) is 17.7 Å². The number of rotatable bonds is 3. The van der Waals surface area contributed by atoms with Crippen molar-refractivity contribution in [1.82, 2.24) is 9.80 Å². The highest BCUT2D eigenvalue weighted by Crippen LogP contribution is 2.39. The standard InChI is InChI=1S/C15H27BN2O3/c1-14(2)15(3,4)21-16(20-14)12-7-9-18(10-8-12)13(19)11-17(5)6/h7H,8-11H2,1-6H3. The lowest BCUT2D eigenvalue weighted by Gasteiger charge is -2.32. The van der Waals surface area contributed by atoms with Crippen LogP contribution in [-0.2, 0) is 14.1 Å². The van der Waals surface area contributed by atoms with Gasteiger partial charge in [0.1, 0.15) is 0 Å². The number of hydrogen-bond donors (Lipinski definition) is 0. The van der Waals surface area contributed by atoms with Crippen molar-refractivity contribution in [2.75, 3.05) is 33.7 Å². The van der Waals surface area contributed by atoms with E-state index in [1.54, 1.807) is 0 Å². The highest BCUT2D eigenvalue weighted by Gasteiger charge is 2.52. The van der Waals surface area contributed by atoms with E-state index in [0.717, 1.165) is 18.4 Å². The third kappa shape index (κ3) is 3.50. The lowest BCUT2D eigenvalue weighted by Crippen LogP contribution is -2.41. The van der Waals surface area contributed by atoms with Gasteiger partial charge in [0.25, 0.3) is 0 Å². The predicted molar refractivity (Wildman–Crippen MR) is 83.9 cm³/mol. The molecule has 1 amide bonds. The molecule has 0 radical (unpaired) electrons. The molecule has 6 heteroatoms. The number of nitrogens with zero attached hydrogens (tertiary/aromatic N) is 2. The van der Waals surface area contributed by atoms with E-state index in [0.29, 0.717) is 13.1 Å². The van der Waals surface area contributed by atoms with Gasteiger partial charge in [0.15, 0.2) is 0 Å². The first-order valence-electron chi connectivity index (χ1n) is 7.59. The van der Waals surface area contributed by atoms with Gasteiger partial charge in [0.2, 0.25) is 5.91 Å². The van der Waals surface area contributed by atoms with Crippen molar-refractivity contribution >= 4 is 13.0 Å². The summed E-state index contributed by atoms with van der Waals surface area (Å²) in [4.78, 5) is 15.8. The Kier molecular flexibility index (Phi) is 4.52. The molecule has 0 aromatic rings. The zero-order valence-electron chi connectivity index (χ0n) is 14.1. The van der Waals surface area contributed by atoms with E-state index >= 15 is 0 Å².